The van der Waals surface area contributed by atoms with E-state index in [-0.39, 0.29) is 62.5 Å². The van der Waals surface area contributed by atoms with E-state index in [0.29, 0.717) is 0 Å². The summed E-state index contributed by atoms with van der Waals surface area (Å²) < 4.78 is 0. The van der Waals surface area contributed by atoms with Crippen LogP contribution in [0.3, 0.4) is 0 Å². The van der Waals surface area contributed by atoms with Crippen molar-refractivity contribution in [2.45, 2.75) is 0 Å². The Hall–Kier alpha value is -0.214. The summed E-state index contributed by atoms with van der Waals surface area (Å²) in [5.74, 6) is 0. The third kappa shape index (κ3) is 1.59. The van der Waals surface area contributed by atoms with Crippen LogP contribution in [0.2, 0.25) is 0 Å². The fourth-order valence-electron chi connectivity index (χ4n) is 0.867. The van der Waals surface area contributed by atoms with Crippen LogP contribution in [-0.2, 0) is 0 Å². The number of hydrogen-bond acceptors (Lipinski definition) is 3. The van der Waals surface area contributed by atoms with Crippen LogP contribution in [0.4, 0.5) is 0 Å². The standard InChI is InChI=1S/C5H4N4O2.K/c10-4-2-3(7-1-6-2)8-5(11)9-4;/h1H,(H3,6,7,8,9,10,11);. The average Bonchev–Trinajstić information content (AvgIpc) is 2.34. The Morgan fingerprint density at radius 1 is 1.25 bits per heavy atom. The molecule has 0 saturated heterocycles. The monoisotopic (exact) mass is 191 g/mol. The summed E-state index contributed by atoms with van der Waals surface area (Å²) >= 11 is 0. The van der Waals surface area contributed by atoms with Gasteiger partial charge in [-0.15, -0.1) is 0 Å². The number of imidazole rings is 1. The summed E-state index contributed by atoms with van der Waals surface area (Å²) in [6.45, 7) is 0. The third-order valence-electron chi connectivity index (χ3n) is 1.33. The van der Waals surface area contributed by atoms with Crippen LogP contribution >= 0.6 is 0 Å². The number of fused-ring (bicyclic) bond motifs is 1. The van der Waals surface area contributed by atoms with E-state index in [9.17, 15) is 9.59 Å². The number of H-pyrrole nitrogens is 3. The van der Waals surface area contributed by atoms with E-state index >= 15 is 0 Å². The first-order valence-electron chi connectivity index (χ1n) is 2.93. The van der Waals surface area contributed by atoms with Crippen molar-refractivity contribution in [2.24, 2.45) is 0 Å². The molecular weight excluding hydrogens is 187 g/mol. The Kier molecular flexibility index (Phi) is 3.02. The molecule has 57 valence electrons. The number of hydrogen-bond donors (Lipinski definition) is 3. The minimum atomic E-state index is -0.547. The number of nitrogens with one attached hydrogen (secondary N) is 3. The molecule has 0 aliphatic rings. The van der Waals surface area contributed by atoms with E-state index in [4.69, 9.17) is 0 Å². The molecule has 0 aliphatic carbocycles. The van der Waals surface area contributed by atoms with Gasteiger partial charge in [-0.25, -0.2) is 9.78 Å². The molecule has 6 nitrogen and oxygen atoms in total. The minimum absolute atomic E-state index is 0. The Balaban J connectivity index is 0.000000720. The van der Waals surface area contributed by atoms with Crippen molar-refractivity contribution in [1.82, 2.24) is 19.9 Å². The molecule has 2 rings (SSSR count). The number of nitrogens with zero attached hydrogens (tertiary/aromatic N) is 1. The summed E-state index contributed by atoms with van der Waals surface area (Å²) in [6, 6.07) is 0. The number of rotatable bonds is 0. The van der Waals surface area contributed by atoms with Crippen LogP contribution in [-0.4, -0.2) is 71.3 Å². The molecular formula is C5H4KN4O2. The van der Waals surface area contributed by atoms with Gasteiger partial charge in [-0.3, -0.25) is 14.8 Å². The fourth-order valence-corrected chi connectivity index (χ4v) is 0.867. The van der Waals surface area contributed by atoms with E-state index in [2.05, 4.69) is 19.9 Å². The van der Waals surface area contributed by atoms with Gasteiger partial charge in [-0.05, 0) is 0 Å². The van der Waals surface area contributed by atoms with Gasteiger partial charge in [0.25, 0.3) is 5.56 Å². The molecule has 7 heteroatoms. The Bertz CT molecular complexity index is 496. The van der Waals surface area contributed by atoms with Gasteiger partial charge in [0.15, 0.2) is 5.65 Å². The van der Waals surface area contributed by atoms with Crippen LogP contribution in [0.15, 0.2) is 15.9 Å². The molecule has 0 aromatic carbocycles. The first kappa shape index (κ1) is 9.87. The normalized spacial score (nSPS) is 9.67. The second-order valence-corrected chi connectivity index (χ2v) is 2.03. The first-order valence-corrected chi connectivity index (χ1v) is 2.93. The SMILES string of the molecule is O=c1[nH]c(=O)c2[nH]cnc2[nH]1.[K]. The third-order valence-corrected chi connectivity index (χ3v) is 1.33. The maximum Gasteiger partial charge on any atom is 0.327 e. The van der Waals surface area contributed by atoms with Gasteiger partial charge in [0.05, 0.1) is 6.33 Å². The van der Waals surface area contributed by atoms with E-state index in [1.165, 1.54) is 6.33 Å². The van der Waals surface area contributed by atoms with Crippen LogP contribution < -0.4 is 11.2 Å². The topological polar surface area (TPSA) is 94.4 Å². The molecule has 0 saturated carbocycles. The zero-order chi connectivity index (χ0) is 7.84. The van der Waals surface area contributed by atoms with Gasteiger partial charge in [-0.1, -0.05) is 0 Å². The van der Waals surface area contributed by atoms with Gasteiger partial charge < -0.3 is 4.98 Å². The van der Waals surface area contributed by atoms with E-state index < -0.39 is 11.2 Å². The first-order chi connectivity index (χ1) is 5.27. The number of aromatic amines is 3. The maximum atomic E-state index is 10.9. The van der Waals surface area contributed by atoms with Crippen molar-refractivity contribution < 1.29 is 0 Å². The van der Waals surface area contributed by atoms with Crippen molar-refractivity contribution in [3.05, 3.63) is 27.2 Å². The largest absolute Gasteiger partial charge is 0.339 e. The predicted molar refractivity (Wildman–Crippen MR) is 43.1 cm³/mol. The molecule has 0 aliphatic heterocycles. The Morgan fingerprint density at radius 2 is 2.00 bits per heavy atom. The van der Waals surface area contributed by atoms with Crippen LogP contribution in [0.25, 0.3) is 11.2 Å². The van der Waals surface area contributed by atoms with Crippen molar-refractivity contribution in [1.29, 1.82) is 0 Å². The van der Waals surface area contributed by atoms with E-state index in [1.807, 2.05) is 0 Å². The van der Waals surface area contributed by atoms with Crippen molar-refractivity contribution in [2.75, 3.05) is 0 Å². The van der Waals surface area contributed by atoms with Crippen LogP contribution in [0, 0.1) is 0 Å². The van der Waals surface area contributed by atoms with E-state index in [0.717, 1.165) is 0 Å². The summed E-state index contributed by atoms with van der Waals surface area (Å²) in [7, 11) is 0. The molecule has 0 atom stereocenters. The second-order valence-electron chi connectivity index (χ2n) is 2.03. The zero-order valence-electron chi connectivity index (χ0n) is 6.34. The van der Waals surface area contributed by atoms with Gasteiger partial charge in [-0.2, -0.15) is 0 Å². The molecule has 12 heavy (non-hydrogen) atoms. The second kappa shape index (κ2) is 3.67. The smallest absolute Gasteiger partial charge is 0.327 e. The molecule has 0 spiro atoms. The Morgan fingerprint density at radius 3 is 2.75 bits per heavy atom. The van der Waals surface area contributed by atoms with Crippen molar-refractivity contribution in [3.8, 4) is 0 Å². The van der Waals surface area contributed by atoms with Gasteiger partial charge in [0.2, 0.25) is 0 Å². The van der Waals surface area contributed by atoms with Crippen LogP contribution in [0.5, 0.6) is 0 Å². The molecule has 2 aromatic rings. The molecule has 1 radical (unpaired) electrons. The van der Waals surface area contributed by atoms with Gasteiger partial charge in [0, 0.05) is 51.4 Å². The molecule has 0 amide bonds. The molecule has 3 N–H and O–H groups in total. The quantitative estimate of drug-likeness (QED) is 0.445. The summed E-state index contributed by atoms with van der Waals surface area (Å²) in [5.41, 5.74) is -0.445. The van der Waals surface area contributed by atoms with Crippen molar-refractivity contribution >= 4 is 62.5 Å². The zero-order valence-corrected chi connectivity index (χ0v) is 9.46. The predicted octanol–water partition coefficient (Wildman–Crippen LogP) is -1.44. The van der Waals surface area contributed by atoms with Crippen LogP contribution in [0.1, 0.15) is 0 Å². The molecule has 2 aromatic heterocycles. The average molecular weight is 191 g/mol. The molecule has 0 unspecified atom stereocenters. The summed E-state index contributed by atoms with van der Waals surface area (Å²) in [6.07, 6.45) is 1.34. The Labute approximate surface area is 108 Å². The fraction of sp³-hybridized carbons (Fsp3) is 0. The number of aromatic nitrogens is 4. The van der Waals surface area contributed by atoms with Crippen molar-refractivity contribution in [3.63, 3.8) is 0 Å². The van der Waals surface area contributed by atoms with Gasteiger partial charge >= 0.3 is 5.69 Å². The molecule has 2 heterocycles. The summed E-state index contributed by atoms with van der Waals surface area (Å²) in [4.78, 5) is 32.3. The molecule has 0 fully saturated rings. The van der Waals surface area contributed by atoms with E-state index in [1.54, 1.807) is 0 Å². The summed E-state index contributed by atoms with van der Waals surface area (Å²) in [5, 5.41) is 0. The molecule has 0 bridgehead atoms. The van der Waals surface area contributed by atoms with Gasteiger partial charge in [0.1, 0.15) is 5.52 Å². The minimum Gasteiger partial charge on any atom is -0.339 e. The maximum absolute atomic E-state index is 10.9.